The molecule has 4 nitrogen and oxygen atoms in total. The molecule has 2 aromatic carbocycles. The van der Waals surface area contributed by atoms with Crippen molar-refractivity contribution in [1.29, 1.82) is 0 Å². The van der Waals surface area contributed by atoms with Gasteiger partial charge in [0.1, 0.15) is 12.4 Å². The smallest absolute Gasteiger partial charge is 0.166 e. The molecular weight excluding hydrogens is 402 g/mol. The van der Waals surface area contributed by atoms with Crippen LogP contribution in [0.4, 0.5) is 4.39 Å². The van der Waals surface area contributed by atoms with E-state index in [1.54, 1.807) is 19.2 Å². The predicted octanol–water partition coefficient (Wildman–Crippen LogP) is 4.35. The maximum Gasteiger partial charge on any atom is 0.166 e. The number of para-hydroxylation sites is 1. The maximum absolute atomic E-state index is 13.1. The summed E-state index contributed by atoms with van der Waals surface area (Å²) in [6, 6.07) is 12.3. The first kappa shape index (κ1) is 24.5. The van der Waals surface area contributed by atoms with Crippen LogP contribution in [0, 0.1) is 11.7 Å². The van der Waals surface area contributed by atoms with Crippen LogP contribution in [0.2, 0.25) is 0 Å². The summed E-state index contributed by atoms with van der Waals surface area (Å²) in [5, 5.41) is 6.95. The van der Waals surface area contributed by atoms with Gasteiger partial charge in [0.05, 0.1) is 7.11 Å². The summed E-state index contributed by atoms with van der Waals surface area (Å²) >= 11 is 0. The van der Waals surface area contributed by atoms with Gasteiger partial charge in [0, 0.05) is 12.1 Å². The van der Waals surface area contributed by atoms with E-state index in [1.807, 2.05) is 12.1 Å². The van der Waals surface area contributed by atoms with Crippen molar-refractivity contribution in [2.75, 3.05) is 26.7 Å². The number of piperidine rings is 1. The molecule has 7 heteroatoms. The third-order valence-electron chi connectivity index (χ3n) is 4.78. The van der Waals surface area contributed by atoms with E-state index in [4.69, 9.17) is 9.47 Å². The van der Waals surface area contributed by atoms with Gasteiger partial charge in [-0.1, -0.05) is 24.3 Å². The van der Waals surface area contributed by atoms with Gasteiger partial charge in [0.2, 0.25) is 0 Å². The van der Waals surface area contributed by atoms with E-state index in [9.17, 15) is 4.39 Å². The second-order valence-electron chi connectivity index (χ2n) is 6.69. The fourth-order valence-electron chi connectivity index (χ4n) is 3.26. The van der Waals surface area contributed by atoms with Crippen molar-refractivity contribution in [3.8, 4) is 11.5 Å². The van der Waals surface area contributed by atoms with Crippen LogP contribution in [0.25, 0.3) is 0 Å². The summed E-state index contributed by atoms with van der Waals surface area (Å²) < 4.78 is 24.6. The Hall–Kier alpha value is -1.53. The van der Waals surface area contributed by atoms with Crippen LogP contribution in [0.1, 0.15) is 24.0 Å². The third-order valence-corrected chi connectivity index (χ3v) is 4.78. The summed E-state index contributed by atoms with van der Waals surface area (Å²) in [5.74, 6) is 1.95. The first-order valence-corrected chi connectivity index (χ1v) is 9.21. The maximum atomic E-state index is 13.1. The highest BCUT2D eigenvalue weighted by Crippen LogP contribution is 2.32. The lowest BCUT2D eigenvalue weighted by molar-refractivity contribution is 0.279. The van der Waals surface area contributed by atoms with Gasteiger partial charge in [-0.15, -0.1) is 24.8 Å². The van der Waals surface area contributed by atoms with Gasteiger partial charge in [-0.05, 0) is 62.2 Å². The average Bonchev–Trinajstić information content (AvgIpc) is 2.69. The van der Waals surface area contributed by atoms with E-state index in [-0.39, 0.29) is 30.6 Å². The van der Waals surface area contributed by atoms with E-state index in [2.05, 4.69) is 16.7 Å². The lowest BCUT2D eigenvalue weighted by Crippen LogP contribution is -2.33. The summed E-state index contributed by atoms with van der Waals surface area (Å²) in [5.41, 5.74) is 1.99. The molecule has 2 aromatic rings. The molecule has 1 heterocycles. The molecule has 0 spiro atoms. The van der Waals surface area contributed by atoms with Gasteiger partial charge in [-0.25, -0.2) is 4.39 Å². The fourth-order valence-corrected chi connectivity index (χ4v) is 3.26. The SMILES string of the molecule is COc1cccc(CNCC2CCNCC2)c1OCc1ccc(F)cc1.Cl.Cl. The summed E-state index contributed by atoms with van der Waals surface area (Å²) in [4.78, 5) is 0. The zero-order valence-electron chi connectivity index (χ0n) is 16.1. The number of nitrogens with one attached hydrogen (secondary N) is 2. The molecule has 0 aromatic heterocycles. The Labute approximate surface area is 179 Å². The number of hydrogen-bond acceptors (Lipinski definition) is 4. The molecular formula is C21H29Cl2FN2O2. The van der Waals surface area contributed by atoms with Gasteiger partial charge < -0.3 is 20.1 Å². The predicted molar refractivity (Wildman–Crippen MR) is 116 cm³/mol. The molecule has 0 radical (unpaired) electrons. The van der Waals surface area contributed by atoms with Gasteiger partial charge in [0.25, 0.3) is 0 Å². The lowest BCUT2D eigenvalue weighted by atomic mass is 9.98. The highest BCUT2D eigenvalue weighted by Gasteiger charge is 2.14. The first-order chi connectivity index (χ1) is 12.8. The molecule has 2 N–H and O–H groups in total. The van der Waals surface area contributed by atoms with Crippen molar-refractivity contribution < 1.29 is 13.9 Å². The zero-order valence-corrected chi connectivity index (χ0v) is 17.7. The molecule has 3 rings (SSSR count). The Morgan fingerprint density at radius 3 is 2.46 bits per heavy atom. The normalized spacial score (nSPS) is 13.9. The quantitative estimate of drug-likeness (QED) is 0.653. The monoisotopic (exact) mass is 430 g/mol. The minimum atomic E-state index is -0.242. The Morgan fingerprint density at radius 1 is 1.07 bits per heavy atom. The molecule has 0 saturated carbocycles. The Balaban J connectivity index is 0.00000196. The van der Waals surface area contributed by atoms with Crippen molar-refractivity contribution in [3.63, 3.8) is 0 Å². The molecule has 0 amide bonds. The standard InChI is InChI=1S/C21H27FN2O2.2ClH/c1-25-20-4-2-3-18(14-24-13-16-9-11-23-12-10-16)21(20)26-15-17-5-7-19(22)8-6-17;;/h2-8,16,23-24H,9-15H2,1H3;2*1H. The van der Waals surface area contributed by atoms with Crippen molar-refractivity contribution in [3.05, 3.63) is 59.4 Å². The molecule has 0 bridgehead atoms. The molecule has 28 heavy (non-hydrogen) atoms. The van der Waals surface area contributed by atoms with Crippen LogP contribution in [0.3, 0.4) is 0 Å². The number of methoxy groups -OCH3 is 1. The minimum Gasteiger partial charge on any atom is -0.493 e. The van der Waals surface area contributed by atoms with Gasteiger partial charge >= 0.3 is 0 Å². The molecule has 1 saturated heterocycles. The van der Waals surface area contributed by atoms with E-state index in [1.165, 1.54) is 25.0 Å². The van der Waals surface area contributed by atoms with Crippen LogP contribution < -0.4 is 20.1 Å². The molecule has 0 aliphatic carbocycles. The Morgan fingerprint density at radius 2 is 1.79 bits per heavy atom. The molecule has 1 aliphatic heterocycles. The largest absolute Gasteiger partial charge is 0.493 e. The summed E-state index contributed by atoms with van der Waals surface area (Å²) in [6.45, 7) is 4.34. The van der Waals surface area contributed by atoms with Crippen LogP contribution in [0.15, 0.2) is 42.5 Å². The van der Waals surface area contributed by atoms with Crippen LogP contribution in [0.5, 0.6) is 11.5 Å². The van der Waals surface area contributed by atoms with Crippen molar-refractivity contribution in [1.82, 2.24) is 10.6 Å². The van der Waals surface area contributed by atoms with Crippen LogP contribution in [-0.4, -0.2) is 26.7 Å². The zero-order chi connectivity index (χ0) is 18.2. The van der Waals surface area contributed by atoms with E-state index >= 15 is 0 Å². The number of hydrogen-bond donors (Lipinski definition) is 2. The second-order valence-corrected chi connectivity index (χ2v) is 6.69. The molecule has 1 aliphatic rings. The summed E-state index contributed by atoms with van der Waals surface area (Å²) in [6.07, 6.45) is 2.44. The summed E-state index contributed by atoms with van der Waals surface area (Å²) in [7, 11) is 1.65. The minimum absolute atomic E-state index is 0. The number of ether oxygens (including phenoxy) is 2. The Kier molecular flexibility index (Phi) is 11.2. The van der Waals surface area contributed by atoms with Crippen molar-refractivity contribution in [2.24, 2.45) is 5.92 Å². The first-order valence-electron chi connectivity index (χ1n) is 9.21. The van der Waals surface area contributed by atoms with Gasteiger partial charge in [0.15, 0.2) is 11.5 Å². The number of benzene rings is 2. The highest BCUT2D eigenvalue weighted by atomic mass is 35.5. The second kappa shape index (κ2) is 12.8. The van der Waals surface area contributed by atoms with Crippen LogP contribution in [-0.2, 0) is 13.2 Å². The Bertz CT molecular complexity index is 695. The highest BCUT2D eigenvalue weighted by molar-refractivity contribution is 5.85. The van der Waals surface area contributed by atoms with Crippen molar-refractivity contribution >= 4 is 24.8 Å². The fraction of sp³-hybridized carbons (Fsp3) is 0.429. The van der Waals surface area contributed by atoms with Gasteiger partial charge in [-0.2, -0.15) is 0 Å². The third kappa shape index (κ3) is 7.13. The number of halogens is 3. The van der Waals surface area contributed by atoms with Gasteiger partial charge in [-0.3, -0.25) is 0 Å². The molecule has 1 fully saturated rings. The molecule has 0 atom stereocenters. The van der Waals surface area contributed by atoms with E-state index in [0.29, 0.717) is 12.4 Å². The van der Waals surface area contributed by atoms with Crippen LogP contribution >= 0.6 is 24.8 Å². The van der Waals surface area contributed by atoms with E-state index < -0.39 is 0 Å². The topological polar surface area (TPSA) is 42.5 Å². The number of rotatable bonds is 8. The molecule has 156 valence electrons. The molecule has 0 unspecified atom stereocenters. The van der Waals surface area contributed by atoms with Crippen molar-refractivity contribution in [2.45, 2.75) is 26.0 Å². The van der Waals surface area contributed by atoms with E-state index in [0.717, 1.165) is 49.0 Å². The average molecular weight is 431 g/mol. The lowest BCUT2D eigenvalue weighted by Gasteiger charge is -2.23.